The van der Waals surface area contributed by atoms with Gasteiger partial charge in [0.15, 0.2) is 0 Å². The number of anilines is 1. The number of hydrogen-bond acceptors (Lipinski definition) is 3. The number of carbonyl (C=O) groups excluding carboxylic acids is 1. The molecule has 0 aromatic carbocycles. The molecule has 112 valence electrons. The quantitative estimate of drug-likeness (QED) is 0.765. The number of pyridine rings is 1. The normalized spacial score (nSPS) is 12.2. The van der Waals surface area contributed by atoms with Gasteiger partial charge in [-0.1, -0.05) is 26.7 Å². The van der Waals surface area contributed by atoms with Gasteiger partial charge in [0.2, 0.25) is 0 Å². The number of rotatable bonds is 8. The van der Waals surface area contributed by atoms with Crippen LogP contribution in [0.15, 0.2) is 18.3 Å². The molecule has 4 heteroatoms. The van der Waals surface area contributed by atoms with Crippen molar-refractivity contribution in [3.05, 3.63) is 23.9 Å². The topological polar surface area (TPSA) is 54.0 Å². The molecule has 0 aliphatic heterocycles. The fraction of sp³-hybridized carbons (Fsp3) is 0.625. The highest BCUT2D eigenvalue weighted by Crippen LogP contribution is 2.09. The second-order valence-electron chi connectivity index (χ2n) is 5.66. The molecule has 0 spiro atoms. The zero-order valence-electron chi connectivity index (χ0n) is 13.1. The molecule has 0 bridgehead atoms. The Labute approximate surface area is 122 Å². The zero-order chi connectivity index (χ0) is 15.0. The predicted molar refractivity (Wildman–Crippen MR) is 84.0 cm³/mol. The lowest BCUT2D eigenvalue weighted by Gasteiger charge is -2.14. The van der Waals surface area contributed by atoms with Crippen molar-refractivity contribution in [1.82, 2.24) is 10.3 Å². The average molecular weight is 277 g/mol. The molecule has 20 heavy (non-hydrogen) atoms. The predicted octanol–water partition coefficient (Wildman–Crippen LogP) is 3.46. The standard InChI is InChI=1S/C16H27N3O/c1-5-17-15-10-9-14(11-18-15)16(20)19-13(4)8-6-7-12(2)3/h9-13H,5-8H2,1-4H3,(H,17,18)(H,19,20). The van der Waals surface area contributed by atoms with Crippen molar-refractivity contribution >= 4 is 11.7 Å². The summed E-state index contributed by atoms with van der Waals surface area (Å²) in [6, 6.07) is 3.85. The Morgan fingerprint density at radius 3 is 2.55 bits per heavy atom. The molecule has 2 N–H and O–H groups in total. The summed E-state index contributed by atoms with van der Waals surface area (Å²) in [7, 11) is 0. The largest absolute Gasteiger partial charge is 0.370 e. The molecule has 1 aromatic rings. The zero-order valence-corrected chi connectivity index (χ0v) is 13.1. The van der Waals surface area contributed by atoms with Gasteiger partial charge in [-0.15, -0.1) is 0 Å². The third-order valence-electron chi connectivity index (χ3n) is 3.18. The first-order valence-electron chi connectivity index (χ1n) is 7.53. The summed E-state index contributed by atoms with van der Waals surface area (Å²) in [5.74, 6) is 1.48. The maximum Gasteiger partial charge on any atom is 0.253 e. The number of carbonyl (C=O) groups is 1. The monoisotopic (exact) mass is 277 g/mol. The van der Waals surface area contributed by atoms with E-state index in [1.54, 1.807) is 12.3 Å². The van der Waals surface area contributed by atoms with Crippen LogP contribution in [0, 0.1) is 5.92 Å². The van der Waals surface area contributed by atoms with E-state index in [9.17, 15) is 4.79 Å². The number of aromatic nitrogens is 1. The van der Waals surface area contributed by atoms with Crippen LogP contribution in [0.2, 0.25) is 0 Å². The molecule has 0 aliphatic carbocycles. The molecule has 0 saturated carbocycles. The minimum atomic E-state index is -0.0439. The fourth-order valence-corrected chi connectivity index (χ4v) is 2.03. The first-order chi connectivity index (χ1) is 9.52. The van der Waals surface area contributed by atoms with E-state index in [0.717, 1.165) is 31.1 Å². The summed E-state index contributed by atoms with van der Waals surface area (Å²) in [5, 5.41) is 6.13. The molecule has 0 aliphatic rings. The summed E-state index contributed by atoms with van der Waals surface area (Å²) in [5.41, 5.74) is 0.613. The Kier molecular flexibility index (Phi) is 7.05. The molecule has 1 unspecified atom stereocenters. The van der Waals surface area contributed by atoms with E-state index >= 15 is 0 Å². The summed E-state index contributed by atoms with van der Waals surface area (Å²) >= 11 is 0. The van der Waals surface area contributed by atoms with Gasteiger partial charge in [-0.05, 0) is 38.3 Å². The van der Waals surface area contributed by atoms with E-state index in [4.69, 9.17) is 0 Å². The number of hydrogen-bond donors (Lipinski definition) is 2. The molecule has 1 aromatic heterocycles. The maximum absolute atomic E-state index is 12.0. The lowest BCUT2D eigenvalue weighted by molar-refractivity contribution is 0.0937. The summed E-state index contributed by atoms with van der Waals surface area (Å²) in [4.78, 5) is 16.3. The van der Waals surface area contributed by atoms with Crippen LogP contribution in [-0.2, 0) is 0 Å². The van der Waals surface area contributed by atoms with Crippen molar-refractivity contribution in [3.8, 4) is 0 Å². The van der Waals surface area contributed by atoms with Crippen LogP contribution in [0.1, 0.15) is 57.3 Å². The minimum Gasteiger partial charge on any atom is -0.370 e. The Morgan fingerprint density at radius 2 is 2.00 bits per heavy atom. The molecule has 4 nitrogen and oxygen atoms in total. The lowest BCUT2D eigenvalue weighted by Crippen LogP contribution is -2.32. The molecule has 0 radical (unpaired) electrons. The second-order valence-corrected chi connectivity index (χ2v) is 5.66. The lowest BCUT2D eigenvalue weighted by atomic mass is 10.0. The SMILES string of the molecule is CCNc1ccc(C(=O)NC(C)CCCC(C)C)cn1. The molecule has 1 rings (SSSR count). The minimum absolute atomic E-state index is 0.0439. The molecule has 0 saturated heterocycles. The maximum atomic E-state index is 12.0. The van der Waals surface area contributed by atoms with Gasteiger partial charge in [0, 0.05) is 18.8 Å². The van der Waals surface area contributed by atoms with Gasteiger partial charge in [-0.3, -0.25) is 4.79 Å². The van der Waals surface area contributed by atoms with Crippen LogP contribution in [-0.4, -0.2) is 23.5 Å². The van der Waals surface area contributed by atoms with Crippen LogP contribution < -0.4 is 10.6 Å². The highest BCUT2D eigenvalue weighted by Gasteiger charge is 2.10. The van der Waals surface area contributed by atoms with E-state index in [2.05, 4.69) is 36.4 Å². The van der Waals surface area contributed by atoms with Crippen LogP contribution >= 0.6 is 0 Å². The number of nitrogens with one attached hydrogen (secondary N) is 2. The molecule has 0 fully saturated rings. The van der Waals surface area contributed by atoms with Crippen molar-refractivity contribution in [2.45, 2.75) is 53.0 Å². The second kappa shape index (κ2) is 8.56. The highest BCUT2D eigenvalue weighted by atomic mass is 16.1. The third kappa shape index (κ3) is 6.04. The van der Waals surface area contributed by atoms with Gasteiger partial charge in [-0.25, -0.2) is 4.98 Å². The summed E-state index contributed by atoms with van der Waals surface area (Å²) in [6.07, 6.45) is 5.00. The number of amides is 1. The number of nitrogens with zero attached hydrogens (tertiary/aromatic N) is 1. The Hall–Kier alpha value is -1.58. The van der Waals surface area contributed by atoms with Gasteiger partial charge in [0.25, 0.3) is 5.91 Å². The summed E-state index contributed by atoms with van der Waals surface area (Å²) in [6.45, 7) is 9.34. The molecular weight excluding hydrogens is 250 g/mol. The van der Waals surface area contributed by atoms with Crippen molar-refractivity contribution in [1.29, 1.82) is 0 Å². The van der Waals surface area contributed by atoms with Crippen LogP contribution in [0.4, 0.5) is 5.82 Å². The molecular formula is C16H27N3O. The Morgan fingerprint density at radius 1 is 1.25 bits per heavy atom. The van der Waals surface area contributed by atoms with E-state index in [-0.39, 0.29) is 11.9 Å². The van der Waals surface area contributed by atoms with E-state index in [1.807, 2.05) is 13.0 Å². The average Bonchev–Trinajstić information content (AvgIpc) is 2.39. The van der Waals surface area contributed by atoms with Crippen molar-refractivity contribution < 1.29 is 4.79 Å². The van der Waals surface area contributed by atoms with Gasteiger partial charge >= 0.3 is 0 Å². The van der Waals surface area contributed by atoms with Crippen LogP contribution in [0.25, 0.3) is 0 Å². The van der Waals surface area contributed by atoms with E-state index in [1.165, 1.54) is 6.42 Å². The van der Waals surface area contributed by atoms with Crippen molar-refractivity contribution in [2.75, 3.05) is 11.9 Å². The molecule has 1 atom stereocenters. The Bertz CT molecular complexity index is 401. The van der Waals surface area contributed by atoms with Crippen LogP contribution in [0.3, 0.4) is 0 Å². The fourth-order valence-electron chi connectivity index (χ4n) is 2.03. The first-order valence-corrected chi connectivity index (χ1v) is 7.53. The van der Waals surface area contributed by atoms with Gasteiger partial charge in [0.05, 0.1) is 5.56 Å². The van der Waals surface area contributed by atoms with Crippen molar-refractivity contribution in [3.63, 3.8) is 0 Å². The summed E-state index contributed by atoms with van der Waals surface area (Å²) < 4.78 is 0. The van der Waals surface area contributed by atoms with Gasteiger partial charge in [0.1, 0.15) is 5.82 Å². The van der Waals surface area contributed by atoms with E-state index < -0.39 is 0 Å². The van der Waals surface area contributed by atoms with Gasteiger partial charge < -0.3 is 10.6 Å². The molecule has 1 amide bonds. The third-order valence-corrected chi connectivity index (χ3v) is 3.18. The molecule has 1 heterocycles. The first kappa shape index (κ1) is 16.5. The van der Waals surface area contributed by atoms with E-state index in [0.29, 0.717) is 5.56 Å². The highest BCUT2D eigenvalue weighted by molar-refractivity contribution is 5.94. The van der Waals surface area contributed by atoms with Crippen molar-refractivity contribution in [2.24, 2.45) is 5.92 Å². The van der Waals surface area contributed by atoms with Gasteiger partial charge in [-0.2, -0.15) is 0 Å². The smallest absolute Gasteiger partial charge is 0.253 e. The van der Waals surface area contributed by atoms with Crippen LogP contribution in [0.5, 0.6) is 0 Å². The Balaban J connectivity index is 2.41.